The Morgan fingerprint density at radius 3 is 2.64 bits per heavy atom. The summed E-state index contributed by atoms with van der Waals surface area (Å²) < 4.78 is 5.10. The minimum Gasteiger partial charge on any atom is -0.380 e. The summed E-state index contributed by atoms with van der Waals surface area (Å²) in [6.07, 6.45) is 0.417. The first kappa shape index (κ1) is 10.9. The first-order chi connectivity index (χ1) is 6.60. The highest BCUT2D eigenvalue weighted by atomic mass is 16.5. The number of carbonyl (C=O) groups is 2. The molecule has 1 saturated heterocycles. The van der Waals surface area contributed by atoms with E-state index in [9.17, 15) is 9.59 Å². The summed E-state index contributed by atoms with van der Waals surface area (Å²) in [5, 5.41) is 0. The van der Waals surface area contributed by atoms with Crippen LogP contribution in [0.3, 0.4) is 0 Å². The van der Waals surface area contributed by atoms with Gasteiger partial charge in [0.05, 0.1) is 6.10 Å². The first-order valence-electron chi connectivity index (χ1n) is 4.40. The fourth-order valence-electron chi connectivity index (χ4n) is 1.66. The Hall–Kier alpha value is -1.14. The van der Waals surface area contributed by atoms with Crippen LogP contribution in [-0.4, -0.2) is 42.5 Å². The summed E-state index contributed by atoms with van der Waals surface area (Å²) >= 11 is 0. The van der Waals surface area contributed by atoms with Crippen molar-refractivity contribution < 1.29 is 14.3 Å². The van der Waals surface area contributed by atoms with Gasteiger partial charge in [0, 0.05) is 27.0 Å². The Bertz CT molecular complexity index is 244. The number of nitrogens with two attached hydrogens (primary N) is 1. The molecule has 2 amide bonds. The average molecular weight is 201 g/mol. The van der Waals surface area contributed by atoms with Gasteiger partial charge in [-0.05, 0) is 0 Å². The van der Waals surface area contributed by atoms with Gasteiger partial charge in [0.1, 0.15) is 6.04 Å². The molecule has 0 radical (unpaired) electrons. The largest absolute Gasteiger partial charge is 0.380 e. The zero-order chi connectivity index (χ0) is 10.7. The van der Waals surface area contributed by atoms with Crippen LogP contribution in [-0.2, 0) is 14.3 Å². The summed E-state index contributed by atoms with van der Waals surface area (Å²) in [6, 6.07) is -0.498. The maximum absolute atomic E-state index is 11.3. The van der Waals surface area contributed by atoms with Crippen LogP contribution in [0.5, 0.6) is 0 Å². The number of likely N-dealkylation sites (tertiary alicyclic amines) is 1. The van der Waals surface area contributed by atoms with Crippen LogP contribution in [0.1, 0.15) is 13.3 Å². The van der Waals surface area contributed by atoms with E-state index in [0.717, 1.165) is 0 Å². The molecule has 1 fully saturated rings. The molecule has 6 nitrogen and oxygen atoms in total. The third-order valence-electron chi connectivity index (χ3n) is 2.45. The maximum Gasteiger partial charge on any atom is 0.256 e. The molecule has 2 atom stereocenters. The molecule has 0 spiro atoms. The van der Waals surface area contributed by atoms with Crippen molar-refractivity contribution in [2.24, 2.45) is 5.84 Å². The van der Waals surface area contributed by atoms with Crippen molar-refractivity contribution in [3.8, 4) is 0 Å². The number of carbonyl (C=O) groups excluding carboxylic acids is 2. The second-order valence-corrected chi connectivity index (χ2v) is 3.29. The van der Waals surface area contributed by atoms with Crippen LogP contribution < -0.4 is 11.3 Å². The first-order valence-corrected chi connectivity index (χ1v) is 4.40. The average Bonchev–Trinajstić information content (AvgIpc) is 2.60. The fourth-order valence-corrected chi connectivity index (χ4v) is 1.66. The van der Waals surface area contributed by atoms with Gasteiger partial charge in [0.15, 0.2) is 0 Å². The van der Waals surface area contributed by atoms with E-state index in [2.05, 4.69) is 0 Å². The Morgan fingerprint density at radius 2 is 2.21 bits per heavy atom. The quantitative estimate of drug-likeness (QED) is 0.327. The zero-order valence-electron chi connectivity index (χ0n) is 8.32. The van der Waals surface area contributed by atoms with E-state index in [1.54, 1.807) is 7.11 Å². The number of hydrogen-bond donors (Lipinski definition) is 2. The molecule has 1 aliphatic rings. The van der Waals surface area contributed by atoms with E-state index >= 15 is 0 Å². The van der Waals surface area contributed by atoms with Crippen molar-refractivity contribution in [1.82, 2.24) is 10.3 Å². The minimum atomic E-state index is -0.498. The van der Waals surface area contributed by atoms with Gasteiger partial charge in [0.25, 0.3) is 5.91 Å². The maximum atomic E-state index is 11.3. The zero-order valence-corrected chi connectivity index (χ0v) is 8.32. The molecule has 0 aromatic heterocycles. The molecule has 0 aromatic rings. The van der Waals surface area contributed by atoms with Gasteiger partial charge in [-0.25, -0.2) is 5.84 Å². The molecule has 1 aliphatic heterocycles. The molecule has 6 heteroatoms. The van der Waals surface area contributed by atoms with Crippen molar-refractivity contribution >= 4 is 11.8 Å². The van der Waals surface area contributed by atoms with Gasteiger partial charge in [-0.1, -0.05) is 0 Å². The van der Waals surface area contributed by atoms with Crippen LogP contribution in [0, 0.1) is 0 Å². The van der Waals surface area contributed by atoms with Crippen molar-refractivity contribution in [3.63, 3.8) is 0 Å². The Morgan fingerprint density at radius 1 is 1.57 bits per heavy atom. The SMILES string of the molecule is CO[C@H]1C[C@H](C(=O)NN)N(C(C)=O)C1. The Kier molecular flexibility index (Phi) is 3.43. The van der Waals surface area contributed by atoms with Crippen LogP contribution in [0.4, 0.5) is 0 Å². The normalized spacial score (nSPS) is 26.4. The summed E-state index contributed by atoms with van der Waals surface area (Å²) in [6.45, 7) is 1.87. The molecule has 0 aliphatic carbocycles. The van der Waals surface area contributed by atoms with Gasteiger partial charge < -0.3 is 9.64 Å². The predicted molar refractivity (Wildman–Crippen MR) is 48.9 cm³/mol. The number of hydrazine groups is 1. The molecule has 80 valence electrons. The topological polar surface area (TPSA) is 84.7 Å². The van der Waals surface area contributed by atoms with E-state index in [0.29, 0.717) is 13.0 Å². The second kappa shape index (κ2) is 4.39. The van der Waals surface area contributed by atoms with Gasteiger partial charge in [-0.3, -0.25) is 15.0 Å². The molecular formula is C8H15N3O3. The molecule has 0 saturated carbocycles. The van der Waals surface area contributed by atoms with E-state index in [1.807, 2.05) is 5.43 Å². The summed E-state index contributed by atoms with van der Waals surface area (Å²) in [7, 11) is 1.56. The number of ether oxygens (including phenoxy) is 1. The molecule has 0 unspecified atom stereocenters. The van der Waals surface area contributed by atoms with E-state index < -0.39 is 6.04 Å². The van der Waals surface area contributed by atoms with E-state index in [1.165, 1.54) is 11.8 Å². The number of amides is 2. The van der Waals surface area contributed by atoms with Gasteiger partial charge in [0.2, 0.25) is 5.91 Å². The van der Waals surface area contributed by atoms with Crippen molar-refractivity contribution in [2.75, 3.05) is 13.7 Å². The third kappa shape index (κ3) is 2.02. The molecule has 0 bridgehead atoms. The monoisotopic (exact) mass is 201 g/mol. The highest BCUT2D eigenvalue weighted by Gasteiger charge is 2.37. The van der Waals surface area contributed by atoms with Gasteiger partial charge in [-0.2, -0.15) is 0 Å². The standard InChI is InChI=1S/C8H15N3O3/c1-5(12)11-4-6(14-2)3-7(11)8(13)10-9/h6-7H,3-4,9H2,1-2H3,(H,10,13)/t6-,7+/m0/s1. The van der Waals surface area contributed by atoms with Crippen molar-refractivity contribution in [1.29, 1.82) is 0 Å². The number of nitrogens with zero attached hydrogens (tertiary/aromatic N) is 1. The third-order valence-corrected chi connectivity index (χ3v) is 2.45. The van der Waals surface area contributed by atoms with Crippen LogP contribution >= 0.6 is 0 Å². The molecular weight excluding hydrogens is 186 g/mol. The van der Waals surface area contributed by atoms with Crippen molar-refractivity contribution in [2.45, 2.75) is 25.5 Å². The highest BCUT2D eigenvalue weighted by molar-refractivity contribution is 5.87. The lowest BCUT2D eigenvalue weighted by Crippen LogP contribution is -2.47. The lowest BCUT2D eigenvalue weighted by Gasteiger charge is -2.20. The fraction of sp³-hybridized carbons (Fsp3) is 0.750. The Labute approximate surface area is 82.3 Å². The van der Waals surface area contributed by atoms with Crippen LogP contribution in [0.2, 0.25) is 0 Å². The van der Waals surface area contributed by atoms with Gasteiger partial charge >= 0.3 is 0 Å². The summed E-state index contributed by atoms with van der Waals surface area (Å²) in [5.41, 5.74) is 2.05. The lowest BCUT2D eigenvalue weighted by molar-refractivity contribution is -0.136. The molecule has 1 heterocycles. The molecule has 0 aromatic carbocycles. The number of rotatable bonds is 2. The van der Waals surface area contributed by atoms with E-state index in [4.69, 9.17) is 10.6 Å². The molecule has 14 heavy (non-hydrogen) atoms. The lowest BCUT2D eigenvalue weighted by atomic mass is 10.2. The second-order valence-electron chi connectivity index (χ2n) is 3.29. The highest BCUT2D eigenvalue weighted by Crippen LogP contribution is 2.19. The number of nitrogens with one attached hydrogen (secondary N) is 1. The summed E-state index contributed by atoms with van der Waals surface area (Å²) in [5.74, 6) is 4.53. The number of hydrogen-bond acceptors (Lipinski definition) is 4. The van der Waals surface area contributed by atoms with Crippen molar-refractivity contribution in [3.05, 3.63) is 0 Å². The Balaban J connectivity index is 2.71. The number of methoxy groups -OCH3 is 1. The smallest absolute Gasteiger partial charge is 0.256 e. The van der Waals surface area contributed by atoms with Crippen LogP contribution in [0.25, 0.3) is 0 Å². The summed E-state index contributed by atoms with van der Waals surface area (Å²) in [4.78, 5) is 24.0. The minimum absolute atomic E-state index is 0.0822. The molecule has 3 N–H and O–H groups in total. The van der Waals surface area contributed by atoms with Crippen LogP contribution in [0.15, 0.2) is 0 Å². The molecule has 1 rings (SSSR count). The predicted octanol–water partition coefficient (Wildman–Crippen LogP) is -1.39. The van der Waals surface area contributed by atoms with Gasteiger partial charge in [-0.15, -0.1) is 0 Å². The van der Waals surface area contributed by atoms with E-state index in [-0.39, 0.29) is 17.9 Å².